The largest absolute Gasteiger partial charge is 0.382 e. The summed E-state index contributed by atoms with van der Waals surface area (Å²) < 4.78 is 32.2. The fraction of sp³-hybridized carbons (Fsp3) is 0.571. The number of rotatable bonds is 7. The molecular formula is C14H23NO3S. The molecule has 0 atom stereocenters. The van der Waals surface area contributed by atoms with Gasteiger partial charge in [-0.1, -0.05) is 6.07 Å². The molecule has 0 aliphatic rings. The molecule has 0 bridgehead atoms. The molecule has 0 saturated heterocycles. The zero-order valence-electron chi connectivity index (χ0n) is 12.1. The first kappa shape index (κ1) is 16.1. The third-order valence-corrected chi connectivity index (χ3v) is 4.65. The standard InChI is InChI=1S/C14H23NO3S/c1-5-18-8-6-7-15-19(16,17)14-10-12(3)11(2)9-13(14)4/h9-10,15H,5-8H2,1-4H3. The van der Waals surface area contributed by atoms with E-state index in [0.29, 0.717) is 31.1 Å². The van der Waals surface area contributed by atoms with E-state index in [-0.39, 0.29) is 0 Å². The smallest absolute Gasteiger partial charge is 0.240 e. The molecular weight excluding hydrogens is 262 g/mol. The van der Waals surface area contributed by atoms with Gasteiger partial charge in [-0.25, -0.2) is 13.1 Å². The molecule has 1 aromatic carbocycles. The number of hydrogen-bond acceptors (Lipinski definition) is 3. The normalized spacial score (nSPS) is 11.8. The van der Waals surface area contributed by atoms with E-state index in [4.69, 9.17) is 4.74 Å². The van der Waals surface area contributed by atoms with Gasteiger partial charge in [-0.15, -0.1) is 0 Å². The highest BCUT2D eigenvalue weighted by atomic mass is 32.2. The van der Waals surface area contributed by atoms with Crippen LogP contribution in [-0.4, -0.2) is 28.2 Å². The van der Waals surface area contributed by atoms with Crippen molar-refractivity contribution in [3.8, 4) is 0 Å². The first-order valence-electron chi connectivity index (χ1n) is 6.53. The van der Waals surface area contributed by atoms with E-state index in [0.717, 1.165) is 16.7 Å². The molecule has 19 heavy (non-hydrogen) atoms. The van der Waals surface area contributed by atoms with Gasteiger partial charge in [0.2, 0.25) is 10.0 Å². The monoisotopic (exact) mass is 285 g/mol. The summed E-state index contributed by atoms with van der Waals surface area (Å²) in [5.74, 6) is 0. The zero-order chi connectivity index (χ0) is 14.5. The van der Waals surface area contributed by atoms with Crippen LogP contribution in [0.2, 0.25) is 0 Å². The van der Waals surface area contributed by atoms with Crippen molar-refractivity contribution in [2.75, 3.05) is 19.8 Å². The fourth-order valence-corrected chi connectivity index (χ4v) is 3.21. The molecule has 1 N–H and O–H groups in total. The van der Waals surface area contributed by atoms with E-state index >= 15 is 0 Å². The third-order valence-electron chi connectivity index (χ3n) is 3.04. The lowest BCUT2D eigenvalue weighted by molar-refractivity contribution is 0.146. The summed E-state index contributed by atoms with van der Waals surface area (Å²) in [6.07, 6.45) is 0.678. The highest BCUT2D eigenvalue weighted by Gasteiger charge is 2.16. The molecule has 0 aliphatic heterocycles. The first-order chi connectivity index (χ1) is 8.88. The minimum atomic E-state index is -3.42. The van der Waals surface area contributed by atoms with Crippen molar-refractivity contribution in [2.24, 2.45) is 0 Å². The summed E-state index contributed by atoms with van der Waals surface area (Å²) in [6.45, 7) is 9.27. The van der Waals surface area contributed by atoms with Gasteiger partial charge in [-0.05, 0) is 56.9 Å². The molecule has 0 spiro atoms. The highest BCUT2D eigenvalue weighted by Crippen LogP contribution is 2.19. The van der Waals surface area contributed by atoms with Crippen molar-refractivity contribution in [3.05, 3.63) is 28.8 Å². The maximum absolute atomic E-state index is 12.2. The third kappa shape index (κ3) is 4.60. The predicted molar refractivity (Wildman–Crippen MR) is 77.0 cm³/mol. The molecule has 0 fully saturated rings. The molecule has 0 amide bonds. The summed E-state index contributed by atoms with van der Waals surface area (Å²) in [4.78, 5) is 0.368. The van der Waals surface area contributed by atoms with Crippen LogP contribution < -0.4 is 4.72 Å². The zero-order valence-corrected chi connectivity index (χ0v) is 12.9. The Morgan fingerprint density at radius 2 is 1.74 bits per heavy atom. The van der Waals surface area contributed by atoms with Crippen molar-refractivity contribution in [2.45, 2.75) is 39.0 Å². The molecule has 0 heterocycles. The molecule has 0 unspecified atom stereocenters. The lowest BCUT2D eigenvalue weighted by Gasteiger charge is -2.11. The van der Waals surface area contributed by atoms with Gasteiger partial charge >= 0.3 is 0 Å². The number of sulfonamides is 1. The van der Waals surface area contributed by atoms with Gasteiger partial charge < -0.3 is 4.74 Å². The second kappa shape index (κ2) is 7.03. The van der Waals surface area contributed by atoms with Crippen molar-refractivity contribution in [1.82, 2.24) is 4.72 Å². The quantitative estimate of drug-likeness (QED) is 0.782. The van der Waals surface area contributed by atoms with Gasteiger partial charge in [0.05, 0.1) is 4.90 Å². The lowest BCUT2D eigenvalue weighted by Crippen LogP contribution is -2.26. The molecule has 108 valence electrons. The number of benzene rings is 1. The van der Waals surface area contributed by atoms with Crippen LogP contribution in [0.25, 0.3) is 0 Å². The first-order valence-corrected chi connectivity index (χ1v) is 8.02. The Balaban J connectivity index is 2.75. The molecule has 0 radical (unpaired) electrons. The SMILES string of the molecule is CCOCCCNS(=O)(=O)c1cc(C)c(C)cc1C. The van der Waals surface area contributed by atoms with Crippen molar-refractivity contribution >= 4 is 10.0 Å². The maximum atomic E-state index is 12.2. The van der Waals surface area contributed by atoms with Crippen molar-refractivity contribution in [3.63, 3.8) is 0 Å². The Hall–Kier alpha value is -0.910. The Labute approximate surface area is 116 Å². The number of hydrogen-bond donors (Lipinski definition) is 1. The summed E-state index contributed by atoms with van der Waals surface area (Å²) in [5.41, 5.74) is 2.87. The van der Waals surface area contributed by atoms with Crippen LogP contribution >= 0.6 is 0 Å². The summed E-state index contributed by atoms with van der Waals surface area (Å²) in [7, 11) is -3.42. The van der Waals surface area contributed by atoms with Gasteiger partial charge in [0.15, 0.2) is 0 Å². The van der Waals surface area contributed by atoms with Crippen LogP contribution in [0.15, 0.2) is 17.0 Å². The van der Waals surface area contributed by atoms with Crippen molar-refractivity contribution in [1.29, 1.82) is 0 Å². The van der Waals surface area contributed by atoms with Crippen LogP contribution in [0.3, 0.4) is 0 Å². The van der Waals surface area contributed by atoms with E-state index in [1.165, 1.54) is 0 Å². The van der Waals surface area contributed by atoms with Crippen molar-refractivity contribution < 1.29 is 13.2 Å². The van der Waals surface area contributed by atoms with Crippen LogP contribution in [0.1, 0.15) is 30.0 Å². The minimum absolute atomic E-state index is 0.368. The Bertz CT molecular complexity index is 524. The topological polar surface area (TPSA) is 55.4 Å². The van der Waals surface area contributed by atoms with E-state index in [1.54, 1.807) is 6.07 Å². The highest BCUT2D eigenvalue weighted by molar-refractivity contribution is 7.89. The van der Waals surface area contributed by atoms with E-state index in [1.807, 2.05) is 33.8 Å². The van der Waals surface area contributed by atoms with Crippen LogP contribution in [0.5, 0.6) is 0 Å². The van der Waals surface area contributed by atoms with Gasteiger partial charge in [-0.2, -0.15) is 0 Å². The van der Waals surface area contributed by atoms with E-state index in [2.05, 4.69) is 4.72 Å². The lowest BCUT2D eigenvalue weighted by atomic mass is 10.1. The summed E-state index contributed by atoms with van der Waals surface area (Å²) >= 11 is 0. The van der Waals surface area contributed by atoms with E-state index in [9.17, 15) is 8.42 Å². The van der Waals surface area contributed by atoms with Gasteiger partial charge in [0.25, 0.3) is 0 Å². The van der Waals surface area contributed by atoms with Crippen LogP contribution in [0, 0.1) is 20.8 Å². The van der Waals surface area contributed by atoms with E-state index < -0.39 is 10.0 Å². The summed E-state index contributed by atoms with van der Waals surface area (Å²) in [5, 5.41) is 0. The number of nitrogens with one attached hydrogen (secondary N) is 1. The Morgan fingerprint density at radius 3 is 2.37 bits per heavy atom. The predicted octanol–water partition coefficient (Wildman–Crippen LogP) is 2.32. The van der Waals surface area contributed by atoms with Gasteiger partial charge in [0, 0.05) is 19.8 Å². The van der Waals surface area contributed by atoms with Gasteiger partial charge in [0.1, 0.15) is 0 Å². The second-order valence-electron chi connectivity index (χ2n) is 4.65. The molecule has 0 saturated carbocycles. The molecule has 1 rings (SSSR count). The second-order valence-corrected chi connectivity index (χ2v) is 6.39. The maximum Gasteiger partial charge on any atom is 0.240 e. The van der Waals surface area contributed by atoms with Crippen LogP contribution in [-0.2, 0) is 14.8 Å². The fourth-order valence-electron chi connectivity index (χ4n) is 1.83. The molecule has 0 aliphatic carbocycles. The Kier molecular flexibility index (Phi) is 5.97. The number of aryl methyl sites for hydroxylation is 3. The van der Waals surface area contributed by atoms with Gasteiger partial charge in [-0.3, -0.25) is 0 Å². The molecule has 0 aromatic heterocycles. The molecule has 5 heteroatoms. The average Bonchev–Trinajstić information content (AvgIpc) is 2.33. The Morgan fingerprint density at radius 1 is 1.11 bits per heavy atom. The number of ether oxygens (including phenoxy) is 1. The molecule has 4 nitrogen and oxygen atoms in total. The average molecular weight is 285 g/mol. The molecule has 1 aromatic rings. The van der Waals surface area contributed by atoms with Crippen LogP contribution in [0.4, 0.5) is 0 Å². The summed E-state index contributed by atoms with van der Waals surface area (Å²) in [6, 6.07) is 3.64. The minimum Gasteiger partial charge on any atom is -0.382 e.